The Balaban J connectivity index is 2.11. The van der Waals surface area contributed by atoms with Crippen LogP contribution in [-0.2, 0) is 10.0 Å². The maximum absolute atomic E-state index is 11.2. The van der Waals surface area contributed by atoms with Gasteiger partial charge in [-0.15, -0.1) is 11.3 Å². The number of aromatic nitrogens is 2. The van der Waals surface area contributed by atoms with Crippen LogP contribution in [0.4, 0.5) is 5.13 Å². The summed E-state index contributed by atoms with van der Waals surface area (Å²) in [5.41, 5.74) is 0.922. The monoisotopic (exact) mass is 332 g/mol. The summed E-state index contributed by atoms with van der Waals surface area (Å²) in [7, 11) is -3.69. The van der Waals surface area contributed by atoms with E-state index in [1.165, 1.54) is 6.20 Å². The molecule has 0 aliphatic carbocycles. The van der Waals surface area contributed by atoms with Crippen LogP contribution < -0.4 is 10.5 Å². The highest BCUT2D eigenvalue weighted by Gasteiger charge is 2.16. The zero-order chi connectivity index (χ0) is 14.9. The Morgan fingerprint density at radius 1 is 1.35 bits per heavy atom. The van der Waals surface area contributed by atoms with Gasteiger partial charge >= 0.3 is 0 Å². The number of thiazole rings is 2. The van der Waals surface area contributed by atoms with E-state index in [-0.39, 0.29) is 10.3 Å². The molecular formula is C11H16N4O2S3. The normalized spacial score (nSPS) is 13.7. The minimum Gasteiger partial charge on any atom is -0.353 e. The van der Waals surface area contributed by atoms with E-state index < -0.39 is 10.0 Å². The third kappa shape index (κ3) is 3.54. The van der Waals surface area contributed by atoms with E-state index >= 15 is 0 Å². The summed E-state index contributed by atoms with van der Waals surface area (Å²) in [6.45, 7) is 6.15. The summed E-state index contributed by atoms with van der Waals surface area (Å²) in [5.74, 6) is 0.398. The molecule has 20 heavy (non-hydrogen) atoms. The first-order valence-electron chi connectivity index (χ1n) is 5.98. The third-order valence-electron chi connectivity index (χ3n) is 2.58. The lowest BCUT2D eigenvalue weighted by Gasteiger charge is -2.09. The first-order valence-corrected chi connectivity index (χ1v) is 9.22. The molecule has 6 nitrogen and oxygen atoms in total. The van der Waals surface area contributed by atoms with Gasteiger partial charge in [-0.2, -0.15) is 0 Å². The molecule has 0 saturated carbocycles. The summed E-state index contributed by atoms with van der Waals surface area (Å²) in [4.78, 5) is 8.57. The van der Waals surface area contributed by atoms with Gasteiger partial charge in [-0.3, -0.25) is 0 Å². The van der Waals surface area contributed by atoms with Crippen LogP contribution in [-0.4, -0.2) is 18.4 Å². The molecule has 0 radical (unpaired) electrons. The first kappa shape index (κ1) is 15.4. The van der Waals surface area contributed by atoms with Crippen molar-refractivity contribution in [2.45, 2.75) is 36.9 Å². The van der Waals surface area contributed by atoms with Crippen molar-refractivity contribution in [2.75, 3.05) is 5.32 Å². The Morgan fingerprint density at radius 3 is 2.55 bits per heavy atom. The molecule has 2 aromatic rings. The van der Waals surface area contributed by atoms with Gasteiger partial charge in [0.1, 0.15) is 0 Å². The molecule has 0 aliphatic heterocycles. The molecule has 9 heteroatoms. The summed E-state index contributed by atoms with van der Waals surface area (Å²) >= 11 is 2.64. The number of nitrogens with two attached hydrogens (primary N) is 1. The van der Waals surface area contributed by atoms with Crippen molar-refractivity contribution in [3.63, 3.8) is 0 Å². The number of hydrogen-bond acceptors (Lipinski definition) is 7. The van der Waals surface area contributed by atoms with E-state index in [9.17, 15) is 8.42 Å². The van der Waals surface area contributed by atoms with Crippen LogP contribution in [0.2, 0.25) is 0 Å². The quantitative estimate of drug-likeness (QED) is 0.877. The molecule has 0 unspecified atom stereocenters. The number of primary sulfonamides is 1. The topological polar surface area (TPSA) is 98.0 Å². The summed E-state index contributed by atoms with van der Waals surface area (Å²) in [6, 6.07) is -0.0433. The highest BCUT2D eigenvalue weighted by Crippen LogP contribution is 2.27. The van der Waals surface area contributed by atoms with Crippen LogP contribution in [0.1, 0.15) is 43.4 Å². The molecule has 0 fully saturated rings. The molecule has 0 amide bonds. The smallest absolute Gasteiger partial charge is 0.249 e. The largest absolute Gasteiger partial charge is 0.353 e. The molecule has 0 aromatic carbocycles. The van der Waals surface area contributed by atoms with Crippen LogP contribution in [0.5, 0.6) is 0 Å². The highest BCUT2D eigenvalue weighted by atomic mass is 32.2. The summed E-state index contributed by atoms with van der Waals surface area (Å²) in [5, 5.41) is 11.8. The van der Waals surface area contributed by atoms with Crippen molar-refractivity contribution in [1.82, 2.24) is 9.97 Å². The number of nitrogens with one attached hydrogen (secondary N) is 1. The fraction of sp³-hybridized carbons (Fsp3) is 0.455. The Hall–Kier alpha value is -1.03. The zero-order valence-corrected chi connectivity index (χ0v) is 13.8. The highest BCUT2D eigenvalue weighted by molar-refractivity contribution is 7.91. The average Bonchev–Trinajstić information content (AvgIpc) is 2.95. The number of sulfonamides is 1. The molecule has 1 atom stereocenters. The number of anilines is 1. The lowest BCUT2D eigenvalue weighted by atomic mass is 10.2. The van der Waals surface area contributed by atoms with E-state index in [1.807, 2.05) is 12.3 Å². The molecule has 2 heterocycles. The SMILES string of the molecule is CC(C)c1nc([C@H](C)Nc2ncc(S(N)(=O)=O)s2)cs1. The fourth-order valence-corrected chi connectivity index (χ4v) is 3.95. The van der Waals surface area contributed by atoms with Crippen molar-refractivity contribution in [2.24, 2.45) is 5.14 Å². The predicted molar refractivity (Wildman–Crippen MR) is 81.7 cm³/mol. The van der Waals surface area contributed by atoms with E-state index in [1.54, 1.807) is 11.3 Å². The van der Waals surface area contributed by atoms with Gasteiger partial charge in [-0.25, -0.2) is 23.5 Å². The average molecular weight is 332 g/mol. The lowest BCUT2D eigenvalue weighted by Crippen LogP contribution is -2.10. The molecular weight excluding hydrogens is 316 g/mol. The van der Waals surface area contributed by atoms with E-state index in [4.69, 9.17) is 5.14 Å². The number of rotatable bonds is 5. The Labute approximate surface area is 126 Å². The van der Waals surface area contributed by atoms with E-state index in [0.29, 0.717) is 11.0 Å². The molecule has 0 aliphatic rings. The van der Waals surface area contributed by atoms with Crippen LogP contribution in [0.25, 0.3) is 0 Å². The Kier molecular flexibility index (Phi) is 4.43. The molecule has 2 rings (SSSR count). The minimum absolute atomic E-state index is 0.0433. The van der Waals surface area contributed by atoms with Crippen LogP contribution in [0.3, 0.4) is 0 Å². The second kappa shape index (κ2) is 5.76. The maximum Gasteiger partial charge on any atom is 0.249 e. The Bertz CT molecular complexity index is 690. The zero-order valence-electron chi connectivity index (χ0n) is 11.3. The van der Waals surface area contributed by atoms with Crippen molar-refractivity contribution in [3.05, 3.63) is 22.3 Å². The van der Waals surface area contributed by atoms with Gasteiger partial charge < -0.3 is 5.32 Å². The number of hydrogen-bond donors (Lipinski definition) is 2. The lowest BCUT2D eigenvalue weighted by molar-refractivity contribution is 0.599. The minimum atomic E-state index is -3.69. The standard InChI is InChI=1S/C11H16N4O2S3/c1-6(2)10-15-8(5-18-10)7(3)14-11-13-4-9(19-11)20(12,16)17/h4-7H,1-3H3,(H,13,14)(H2,12,16,17)/t7-/m0/s1. The molecule has 0 bridgehead atoms. The fourth-order valence-electron chi connectivity index (χ4n) is 1.48. The van der Waals surface area contributed by atoms with E-state index in [2.05, 4.69) is 29.1 Å². The van der Waals surface area contributed by atoms with E-state index in [0.717, 1.165) is 22.0 Å². The first-order chi connectivity index (χ1) is 9.27. The van der Waals surface area contributed by atoms with Crippen molar-refractivity contribution >= 4 is 37.8 Å². The third-order valence-corrected chi connectivity index (χ3v) is 6.08. The summed E-state index contributed by atoms with van der Waals surface area (Å²) in [6.07, 6.45) is 1.26. The van der Waals surface area contributed by atoms with Gasteiger partial charge in [0.15, 0.2) is 9.34 Å². The molecule has 110 valence electrons. The van der Waals surface area contributed by atoms with Crippen LogP contribution in [0, 0.1) is 0 Å². The van der Waals surface area contributed by atoms with Gasteiger partial charge in [0, 0.05) is 11.3 Å². The van der Waals surface area contributed by atoms with Crippen LogP contribution >= 0.6 is 22.7 Å². The van der Waals surface area contributed by atoms with Crippen molar-refractivity contribution in [3.8, 4) is 0 Å². The van der Waals surface area contributed by atoms with Crippen molar-refractivity contribution < 1.29 is 8.42 Å². The second-order valence-corrected chi connectivity index (χ2v) is 8.37. The van der Waals surface area contributed by atoms with Crippen LogP contribution in [0.15, 0.2) is 15.8 Å². The predicted octanol–water partition coefficient (Wildman–Crippen LogP) is 2.54. The van der Waals surface area contributed by atoms with Gasteiger partial charge in [0.05, 0.1) is 22.9 Å². The second-order valence-electron chi connectivity index (χ2n) is 4.66. The molecule has 0 spiro atoms. The molecule has 2 aromatic heterocycles. The van der Waals surface area contributed by atoms with Gasteiger partial charge in [0.2, 0.25) is 10.0 Å². The van der Waals surface area contributed by atoms with Crippen molar-refractivity contribution in [1.29, 1.82) is 0 Å². The maximum atomic E-state index is 11.2. The molecule has 3 N–H and O–H groups in total. The van der Waals surface area contributed by atoms with Gasteiger partial charge in [-0.05, 0) is 6.92 Å². The van der Waals surface area contributed by atoms with Gasteiger partial charge in [0.25, 0.3) is 0 Å². The summed E-state index contributed by atoms with van der Waals surface area (Å²) < 4.78 is 22.4. The molecule has 0 saturated heterocycles. The Morgan fingerprint density at radius 2 is 2.05 bits per heavy atom. The number of nitrogens with zero attached hydrogens (tertiary/aromatic N) is 2. The van der Waals surface area contributed by atoms with Gasteiger partial charge in [-0.1, -0.05) is 25.2 Å².